The topological polar surface area (TPSA) is 58.2 Å². The van der Waals surface area contributed by atoms with Crippen molar-refractivity contribution in [1.82, 2.24) is 10.9 Å². The Balaban J connectivity index is 1.46. The van der Waals surface area contributed by atoms with Crippen molar-refractivity contribution < 1.29 is 14.0 Å². The van der Waals surface area contributed by atoms with Crippen molar-refractivity contribution in [3.63, 3.8) is 0 Å². The van der Waals surface area contributed by atoms with Gasteiger partial charge in [-0.1, -0.05) is 30.3 Å². The van der Waals surface area contributed by atoms with Gasteiger partial charge in [0.1, 0.15) is 5.82 Å². The van der Waals surface area contributed by atoms with Crippen molar-refractivity contribution in [3.05, 3.63) is 70.5 Å². The third kappa shape index (κ3) is 4.19. The van der Waals surface area contributed by atoms with Crippen LogP contribution in [0.4, 0.5) is 4.39 Å². The Morgan fingerprint density at radius 2 is 1.42 bits per heavy atom. The average molecular weight is 326 g/mol. The van der Waals surface area contributed by atoms with E-state index in [1.807, 2.05) is 6.07 Å². The maximum absolute atomic E-state index is 12.8. The first-order valence-corrected chi connectivity index (χ1v) is 8.03. The van der Waals surface area contributed by atoms with Crippen LogP contribution in [-0.2, 0) is 35.3 Å². The number of hydrogen-bond donors (Lipinski definition) is 2. The number of amides is 2. The third-order valence-corrected chi connectivity index (χ3v) is 4.15. The smallest absolute Gasteiger partial charge is 0.242 e. The number of benzene rings is 2. The molecule has 2 amide bonds. The zero-order valence-electron chi connectivity index (χ0n) is 13.3. The van der Waals surface area contributed by atoms with Gasteiger partial charge in [0.15, 0.2) is 0 Å². The summed E-state index contributed by atoms with van der Waals surface area (Å²) in [5.74, 6) is -0.953. The Morgan fingerprint density at radius 3 is 2.12 bits per heavy atom. The van der Waals surface area contributed by atoms with E-state index in [-0.39, 0.29) is 30.5 Å². The minimum atomic E-state index is -0.346. The summed E-state index contributed by atoms with van der Waals surface area (Å²) in [5, 5.41) is 0. The highest BCUT2D eigenvalue weighted by Crippen LogP contribution is 2.22. The summed E-state index contributed by atoms with van der Waals surface area (Å²) >= 11 is 0. The SMILES string of the molecule is O=C(Cc1ccc(F)cc1)NNC(=O)Cc1ccc2c(c1)CCC2. The summed E-state index contributed by atoms with van der Waals surface area (Å²) < 4.78 is 12.8. The predicted octanol–water partition coefficient (Wildman–Crippen LogP) is 2.25. The van der Waals surface area contributed by atoms with Crippen LogP contribution in [-0.4, -0.2) is 11.8 Å². The lowest BCUT2D eigenvalue weighted by Crippen LogP contribution is -2.43. The molecule has 0 spiro atoms. The highest BCUT2D eigenvalue weighted by Gasteiger charge is 2.12. The lowest BCUT2D eigenvalue weighted by atomic mass is 10.0. The lowest BCUT2D eigenvalue weighted by Gasteiger charge is -2.08. The fourth-order valence-electron chi connectivity index (χ4n) is 2.94. The normalized spacial score (nSPS) is 12.5. The Labute approximate surface area is 140 Å². The molecule has 5 heteroatoms. The summed E-state index contributed by atoms with van der Waals surface area (Å²) in [7, 11) is 0. The molecule has 0 unspecified atom stereocenters. The molecule has 4 nitrogen and oxygen atoms in total. The molecule has 2 N–H and O–H groups in total. The van der Waals surface area contributed by atoms with Gasteiger partial charge in [-0.2, -0.15) is 0 Å². The minimum absolute atomic E-state index is 0.0827. The summed E-state index contributed by atoms with van der Waals surface area (Å²) in [6.07, 6.45) is 3.66. The standard InChI is InChI=1S/C19H19FN2O2/c20-17-8-5-13(6-9-17)11-18(23)21-22-19(24)12-14-4-7-15-2-1-3-16(15)10-14/h4-10H,1-3,11-12H2,(H,21,23)(H,22,24). The van der Waals surface area contributed by atoms with Crippen molar-refractivity contribution >= 4 is 11.8 Å². The molecule has 2 aromatic rings. The summed E-state index contributed by atoms with van der Waals surface area (Å²) in [6.45, 7) is 0. The molecule has 0 aliphatic heterocycles. The fourth-order valence-corrected chi connectivity index (χ4v) is 2.94. The molecule has 0 heterocycles. The second-order valence-corrected chi connectivity index (χ2v) is 6.03. The number of carbonyl (C=O) groups is 2. The number of fused-ring (bicyclic) bond motifs is 1. The van der Waals surface area contributed by atoms with Crippen molar-refractivity contribution in [2.24, 2.45) is 0 Å². The first-order valence-electron chi connectivity index (χ1n) is 8.03. The molecular formula is C19H19FN2O2. The summed E-state index contributed by atoms with van der Waals surface area (Å²) in [6, 6.07) is 11.8. The van der Waals surface area contributed by atoms with Gasteiger partial charge in [0, 0.05) is 0 Å². The molecule has 0 radical (unpaired) electrons. The molecule has 0 saturated carbocycles. The Bertz CT molecular complexity index is 756. The van der Waals surface area contributed by atoms with Crippen LogP contribution in [0.1, 0.15) is 28.7 Å². The van der Waals surface area contributed by atoms with Gasteiger partial charge in [0.05, 0.1) is 12.8 Å². The Kier molecular flexibility index (Phi) is 4.89. The second kappa shape index (κ2) is 7.25. The van der Waals surface area contributed by atoms with E-state index in [4.69, 9.17) is 0 Å². The van der Waals surface area contributed by atoms with Crippen LogP contribution in [0.2, 0.25) is 0 Å². The van der Waals surface area contributed by atoms with Gasteiger partial charge in [0.25, 0.3) is 0 Å². The van der Waals surface area contributed by atoms with Crippen molar-refractivity contribution in [3.8, 4) is 0 Å². The molecule has 24 heavy (non-hydrogen) atoms. The van der Waals surface area contributed by atoms with E-state index in [0.717, 1.165) is 18.4 Å². The van der Waals surface area contributed by atoms with Crippen LogP contribution in [0, 0.1) is 5.82 Å². The van der Waals surface area contributed by atoms with Crippen molar-refractivity contribution in [1.29, 1.82) is 0 Å². The number of aryl methyl sites for hydroxylation is 2. The van der Waals surface area contributed by atoms with E-state index < -0.39 is 0 Å². The molecule has 0 bridgehead atoms. The van der Waals surface area contributed by atoms with Gasteiger partial charge in [0.2, 0.25) is 11.8 Å². The highest BCUT2D eigenvalue weighted by atomic mass is 19.1. The van der Waals surface area contributed by atoms with Crippen LogP contribution in [0.3, 0.4) is 0 Å². The number of nitrogens with one attached hydrogen (secondary N) is 2. The molecular weight excluding hydrogens is 307 g/mol. The van der Waals surface area contributed by atoms with Crippen molar-refractivity contribution in [2.45, 2.75) is 32.1 Å². The molecule has 0 aromatic heterocycles. The monoisotopic (exact) mass is 326 g/mol. The average Bonchev–Trinajstić information content (AvgIpc) is 3.03. The van der Waals surface area contributed by atoms with Crippen LogP contribution in [0.15, 0.2) is 42.5 Å². The van der Waals surface area contributed by atoms with Gasteiger partial charge in [-0.15, -0.1) is 0 Å². The van der Waals surface area contributed by atoms with E-state index in [1.54, 1.807) is 12.1 Å². The van der Waals surface area contributed by atoms with E-state index >= 15 is 0 Å². The van der Waals surface area contributed by atoms with Gasteiger partial charge in [-0.05, 0) is 53.6 Å². The summed E-state index contributed by atoms with van der Waals surface area (Å²) in [5.41, 5.74) is 9.12. The molecule has 1 aliphatic rings. The van der Waals surface area contributed by atoms with E-state index in [9.17, 15) is 14.0 Å². The number of rotatable bonds is 4. The van der Waals surface area contributed by atoms with Gasteiger partial charge >= 0.3 is 0 Å². The summed E-state index contributed by atoms with van der Waals surface area (Å²) in [4.78, 5) is 23.7. The number of hydrazine groups is 1. The maximum atomic E-state index is 12.8. The largest absolute Gasteiger partial charge is 0.273 e. The molecule has 3 rings (SSSR count). The maximum Gasteiger partial charge on any atom is 0.242 e. The zero-order chi connectivity index (χ0) is 16.9. The minimum Gasteiger partial charge on any atom is -0.273 e. The third-order valence-electron chi connectivity index (χ3n) is 4.15. The van der Waals surface area contributed by atoms with Gasteiger partial charge in [-0.25, -0.2) is 4.39 Å². The second-order valence-electron chi connectivity index (χ2n) is 6.03. The predicted molar refractivity (Wildman–Crippen MR) is 88.6 cm³/mol. The Hall–Kier alpha value is -2.69. The first kappa shape index (κ1) is 16.2. The van der Waals surface area contributed by atoms with E-state index in [2.05, 4.69) is 23.0 Å². The van der Waals surface area contributed by atoms with Gasteiger partial charge < -0.3 is 0 Å². The van der Waals surface area contributed by atoms with Crippen LogP contribution < -0.4 is 10.9 Å². The number of carbonyl (C=O) groups excluding carboxylic acids is 2. The number of hydrogen-bond acceptors (Lipinski definition) is 2. The number of halogens is 1. The lowest BCUT2D eigenvalue weighted by molar-refractivity contribution is -0.128. The van der Waals surface area contributed by atoms with Crippen LogP contribution in [0.25, 0.3) is 0 Å². The van der Waals surface area contributed by atoms with Gasteiger partial charge in [-0.3, -0.25) is 20.4 Å². The molecule has 1 aliphatic carbocycles. The van der Waals surface area contributed by atoms with Crippen LogP contribution >= 0.6 is 0 Å². The molecule has 0 atom stereocenters. The molecule has 124 valence electrons. The van der Waals surface area contributed by atoms with Crippen molar-refractivity contribution in [2.75, 3.05) is 0 Å². The Morgan fingerprint density at radius 1 is 0.833 bits per heavy atom. The van der Waals surface area contributed by atoms with E-state index in [0.29, 0.717) is 5.56 Å². The zero-order valence-corrected chi connectivity index (χ0v) is 13.3. The fraction of sp³-hybridized carbons (Fsp3) is 0.263. The quantitative estimate of drug-likeness (QED) is 0.847. The van der Waals surface area contributed by atoms with Crippen LogP contribution in [0.5, 0.6) is 0 Å². The van der Waals surface area contributed by atoms with E-state index in [1.165, 1.54) is 29.7 Å². The molecule has 0 saturated heterocycles. The molecule has 2 aromatic carbocycles. The molecule has 0 fully saturated rings. The first-order chi connectivity index (χ1) is 11.6. The highest BCUT2D eigenvalue weighted by molar-refractivity contribution is 5.84.